The third-order valence-corrected chi connectivity index (χ3v) is 15.9. The van der Waals surface area contributed by atoms with E-state index < -0.39 is 76.4 Å². The van der Waals surface area contributed by atoms with E-state index in [4.69, 9.17) is 0 Å². The normalized spacial score (nSPS) is 24.5. The second kappa shape index (κ2) is 8.35. The van der Waals surface area contributed by atoms with Gasteiger partial charge in [0.1, 0.15) is 0 Å². The standard InChI is InChI=1S/C12H15F15N3P3/c1-31(2)28-32(3,4-7(13,14)10(19,20)21)30-33(29-31,5-8(15,16)11(22,23)24)6-9(17,18)12(25,26)27/h4-6H2,1-3H3. The molecule has 1 rings (SSSR count). The van der Waals surface area contributed by atoms with Crippen LogP contribution in [0, 0.1) is 0 Å². The van der Waals surface area contributed by atoms with Crippen LogP contribution in [0.2, 0.25) is 0 Å². The topological polar surface area (TPSA) is 37.1 Å². The zero-order valence-electron chi connectivity index (χ0n) is 16.5. The fourth-order valence-electron chi connectivity index (χ4n) is 2.82. The van der Waals surface area contributed by atoms with Crippen LogP contribution in [0.15, 0.2) is 13.5 Å². The Kier molecular flexibility index (Phi) is 7.76. The van der Waals surface area contributed by atoms with Crippen molar-refractivity contribution in [3.63, 3.8) is 0 Å². The maximum atomic E-state index is 13.8. The van der Waals surface area contributed by atoms with E-state index in [1.165, 1.54) is 0 Å². The Balaban J connectivity index is 3.94. The Hall–Kier alpha value is -0.360. The molecule has 0 spiro atoms. The number of hydrogen-bond acceptors (Lipinski definition) is 3. The first kappa shape index (κ1) is 30.7. The largest absolute Gasteiger partial charge is 0.453 e. The van der Waals surface area contributed by atoms with Gasteiger partial charge in [-0.1, -0.05) is 0 Å². The number of halogens is 15. The number of nitrogens with zero attached hydrogens (tertiary/aromatic N) is 3. The van der Waals surface area contributed by atoms with Gasteiger partial charge in [0.2, 0.25) is 0 Å². The highest BCUT2D eigenvalue weighted by molar-refractivity contribution is 7.86. The molecule has 0 radical (unpaired) electrons. The Morgan fingerprint density at radius 3 is 1.06 bits per heavy atom. The van der Waals surface area contributed by atoms with Crippen molar-refractivity contribution in [2.75, 3.05) is 38.5 Å². The molecule has 1 heterocycles. The van der Waals surface area contributed by atoms with Crippen molar-refractivity contribution in [1.29, 1.82) is 0 Å². The molecule has 0 N–H and O–H groups in total. The highest BCUT2D eigenvalue weighted by Crippen LogP contribution is 2.78. The fraction of sp³-hybridized carbons (Fsp3) is 1.00. The van der Waals surface area contributed by atoms with Gasteiger partial charge in [-0.3, -0.25) is 0 Å². The van der Waals surface area contributed by atoms with E-state index in [-0.39, 0.29) is 0 Å². The minimum Gasteiger partial charge on any atom is -0.241 e. The minimum absolute atomic E-state index is 0.398. The molecule has 1 aliphatic rings. The maximum Gasteiger partial charge on any atom is 0.453 e. The molecular weight excluding hydrogens is 564 g/mol. The Labute approximate surface area is 176 Å². The van der Waals surface area contributed by atoms with Crippen molar-refractivity contribution in [3.05, 3.63) is 0 Å². The van der Waals surface area contributed by atoms with Crippen LogP contribution in [0.5, 0.6) is 0 Å². The SMILES string of the molecule is CP1(C)=NP(C)(CC(F)(F)C(F)(F)F)=NP(CC(F)(F)C(F)(F)F)(CC(F)(F)C(F)(F)F)=N1. The highest BCUT2D eigenvalue weighted by atomic mass is 31.2. The Bertz CT molecular complexity index is 887. The Morgan fingerprint density at radius 2 is 0.758 bits per heavy atom. The van der Waals surface area contributed by atoms with Crippen LogP contribution < -0.4 is 0 Å². The quantitative estimate of drug-likeness (QED) is 0.223. The molecule has 0 amide bonds. The van der Waals surface area contributed by atoms with E-state index >= 15 is 0 Å². The second-order valence-corrected chi connectivity index (χ2v) is 17.4. The molecule has 1 unspecified atom stereocenters. The van der Waals surface area contributed by atoms with Gasteiger partial charge in [0.15, 0.2) is 0 Å². The second-order valence-electron chi connectivity index (χ2n) is 7.65. The molecule has 0 saturated heterocycles. The summed E-state index contributed by atoms with van der Waals surface area (Å²) in [7, 11) is -14.2. The van der Waals surface area contributed by atoms with Crippen LogP contribution in [-0.4, -0.2) is 74.8 Å². The summed E-state index contributed by atoms with van der Waals surface area (Å²) in [5.74, 6) is -17.6. The van der Waals surface area contributed by atoms with Crippen molar-refractivity contribution < 1.29 is 65.9 Å². The van der Waals surface area contributed by atoms with Gasteiger partial charge in [-0.05, 0) is 20.0 Å². The summed E-state index contributed by atoms with van der Waals surface area (Å²) in [5.41, 5.74) is 0. The van der Waals surface area contributed by atoms with Crippen LogP contribution in [-0.2, 0) is 0 Å². The summed E-state index contributed by atoms with van der Waals surface area (Å²) < 4.78 is 207. The van der Waals surface area contributed by atoms with Gasteiger partial charge in [-0.15, -0.1) is 0 Å². The molecule has 0 aromatic heterocycles. The first-order valence-corrected chi connectivity index (χ1v) is 15.1. The molecule has 0 aromatic rings. The van der Waals surface area contributed by atoms with E-state index in [1.54, 1.807) is 0 Å². The van der Waals surface area contributed by atoms with E-state index in [1.807, 2.05) is 0 Å². The molecule has 0 aliphatic carbocycles. The van der Waals surface area contributed by atoms with Crippen molar-refractivity contribution >= 4 is 21.6 Å². The van der Waals surface area contributed by atoms with Crippen LogP contribution in [0.3, 0.4) is 0 Å². The lowest BCUT2D eigenvalue weighted by Gasteiger charge is -2.37. The van der Waals surface area contributed by atoms with E-state index in [0.29, 0.717) is 6.66 Å². The lowest BCUT2D eigenvalue weighted by atomic mass is 10.4. The van der Waals surface area contributed by atoms with Crippen LogP contribution in [0.1, 0.15) is 0 Å². The van der Waals surface area contributed by atoms with Crippen LogP contribution >= 0.6 is 21.6 Å². The zero-order valence-corrected chi connectivity index (χ0v) is 19.2. The third-order valence-electron chi connectivity index (χ3n) is 3.80. The number of rotatable bonds is 6. The number of hydrogen-bond donors (Lipinski definition) is 0. The third kappa shape index (κ3) is 7.08. The first-order chi connectivity index (χ1) is 14.0. The van der Waals surface area contributed by atoms with E-state index in [9.17, 15) is 65.9 Å². The monoisotopic (exact) mass is 579 g/mol. The summed E-state index contributed by atoms with van der Waals surface area (Å²) in [4.78, 5) is 0. The van der Waals surface area contributed by atoms with E-state index in [2.05, 4.69) is 13.5 Å². The van der Waals surface area contributed by atoms with Crippen molar-refractivity contribution in [1.82, 2.24) is 0 Å². The molecule has 3 nitrogen and oxygen atoms in total. The molecule has 198 valence electrons. The summed E-state index contributed by atoms with van der Waals surface area (Å²) in [6.45, 7) is 1.95. The smallest absolute Gasteiger partial charge is 0.241 e. The highest BCUT2D eigenvalue weighted by Gasteiger charge is 2.65. The van der Waals surface area contributed by atoms with Gasteiger partial charge in [0.05, 0.1) is 40.1 Å². The van der Waals surface area contributed by atoms with Crippen molar-refractivity contribution in [2.24, 2.45) is 13.5 Å². The predicted octanol–water partition coefficient (Wildman–Crippen LogP) is 8.83. The van der Waals surface area contributed by atoms with Gasteiger partial charge in [-0.25, -0.2) is 13.5 Å². The summed E-state index contributed by atoms with van der Waals surface area (Å²) in [6.07, 6.45) is -27.4. The van der Waals surface area contributed by atoms with Crippen molar-refractivity contribution in [3.8, 4) is 0 Å². The molecular formula is C12H15F15N3P3. The molecule has 1 atom stereocenters. The lowest BCUT2D eigenvalue weighted by Crippen LogP contribution is -2.44. The molecule has 0 aromatic carbocycles. The predicted molar refractivity (Wildman–Crippen MR) is 93.4 cm³/mol. The Morgan fingerprint density at radius 1 is 0.455 bits per heavy atom. The van der Waals surface area contributed by atoms with E-state index in [0.717, 1.165) is 13.3 Å². The van der Waals surface area contributed by atoms with Gasteiger partial charge in [-0.2, -0.15) is 65.9 Å². The van der Waals surface area contributed by atoms with Gasteiger partial charge in [0.25, 0.3) is 0 Å². The fourth-order valence-corrected chi connectivity index (χ4v) is 18.3. The molecule has 21 heteroatoms. The average molecular weight is 579 g/mol. The first-order valence-electron chi connectivity index (χ1n) is 8.14. The molecule has 0 fully saturated rings. The molecule has 33 heavy (non-hydrogen) atoms. The molecule has 0 bridgehead atoms. The van der Waals surface area contributed by atoms with Gasteiger partial charge in [0, 0.05) is 0 Å². The molecule has 0 saturated carbocycles. The van der Waals surface area contributed by atoms with Crippen LogP contribution in [0.4, 0.5) is 65.9 Å². The minimum atomic E-state index is -6.49. The van der Waals surface area contributed by atoms with Gasteiger partial charge < -0.3 is 0 Å². The summed E-state index contributed by atoms with van der Waals surface area (Å²) in [6, 6.07) is 0. The van der Waals surface area contributed by atoms with Crippen LogP contribution in [0.25, 0.3) is 0 Å². The maximum absolute atomic E-state index is 13.8. The summed E-state index contributed by atoms with van der Waals surface area (Å²) in [5, 5.41) is 0. The summed E-state index contributed by atoms with van der Waals surface area (Å²) >= 11 is 0. The average Bonchev–Trinajstić information content (AvgIpc) is 2.37. The van der Waals surface area contributed by atoms with Crippen molar-refractivity contribution in [2.45, 2.75) is 36.3 Å². The molecule has 1 aliphatic heterocycles. The van der Waals surface area contributed by atoms with Gasteiger partial charge >= 0.3 is 36.3 Å². The number of alkyl halides is 15. The lowest BCUT2D eigenvalue weighted by molar-refractivity contribution is -0.274. The zero-order chi connectivity index (χ0) is 26.7.